The predicted octanol–water partition coefficient (Wildman–Crippen LogP) is 1.99. The Bertz CT molecular complexity index is 314. The van der Waals surface area contributed by atoms with E-state index in [4.69, 9.17) is 4.74 Å². The van der Waals surface area contributed by atoms with Gasteiger partial charge in [0.25, 0.3) is 0 Å². The van der Waals surface area contributed by atoms with Gasteiger partial charge in [0.05, 0.1) is 0 Å². The van der Waals surface area contributed by atoms with Crippen LogP contribution in [0.15, 0.2) is 0 Å². The molecule has 0 bridgehead atoms. The molecule has 2 fully saturated rings. The lowest BCUT2D eigenvalue weighted by Crippen LogP contribution is -2.61. The highest BCUT2D eigenvalue weighted by Gasteiger charge is 2.48. The normalized spacial score (nSPS) is 27.6. The van der Waals surface area contributed by atoms with Crippen LogP contribution in [0.5, 0.6) is 0 Å². The molecule has 0 aromatic carbocycles. The van der Waals surface area contributed by atoms with Crippen molar-refractivity contribution in [3.8, 4) is 0 Å². The molecule has 1 aliphatic heterocycles. The Hall–Kier alpha value is -0.770. The van der Waals surface area contributed by atoms with E-state index in [9.17, 15) is 4.79 Å². The molecule has 98 valence electrons. The van der Waals surface area contributed by atoms with Gasteiger partial charge < -0.3 is 15.0 Å². The van der Waals surface area contributed by atoms with Crippen molar-refractivity contribution in [3.05, 3.63) is 0 Å². The highest BCUT2D eigenvalue weighted by Crippen LogP contribution is 2.45. The fraction of sp³-hybridized carbons (Fsp3) is 0.923. The van der Waals surface area contributed by atoms with Crippen molar-refractivity contribution in [2.24, 2.45) is 5.41 Å². The smallest absolute Gasteiger partial charge is 0.410 e. The maximum atomic E-state index is 11.7. The Morgan fingerprint density at radius 1 is 1.35 bits per heavy atom. The molecule has 2 rings (SSSR count). The number of carbonyl (C=O) groups excluding carboxylic acids is 1. The minimum Gasteiger partial charge on any atom is -0.444 e. The summed E-state index contributed by atoms with van der Waals surface area (Å²) >= 11 is 0. The Kier molecular flexibility index (Phi) is 2.89. The standard InChI is InChI=1S/C13H24N2O2/c1-12(2,3)17-11(16)15-7-9(8-15)14-10-6-13(10,4)5/h9-10,14H,6-8H2,1-5H3. The molecule has 0 aromatic rings. The Labute approximate surface area is 104 Å². The van der Waals surface area contributed by atoms with Gasteiger partial charge in [0.1, 0.15) is 5.60 Å². The van der Waals surface area contributed by atoms with Crippen LogP contribution in [-0.2, 0) is 4.74 Å². The largest absolute Gasteiger partial charge is 0.444 e. The van der Waals surface area contributed by atoms with Crippen LogP contribution in [0.1, 0.15) is 41.0 Å². The number of amides is 1. The first kappa shape index (κ1) is 12.7. The van der Waals surface area contributed by atoms with E-state index in [1.165, 1.54) is 6.42 Å². The summed E-state index contributed by atoms with van der Waals surface area (Å²) in [7, 11) is 0. The SMILES string of the molecule is CC(C)(C)OC(=O)N1CC(NC2CC2(C)C)C1. The van der Waals surface area contributed by atoms with E-state index < -0.39 is 5.60 Å². The number of nitrogens with zero attached hydrogens (tertiary/aromatic N) is 1. The average Bonchev–Trinajstić information content (AvgIpc) is 2.61. The monoisotopic (exact) mass is 240 g/mol. The molecule has 0 radical (unpaired) electrons. The van der Waals surface area contributed by atoms with Gasteiger partial charge in [-0.05, 0) is 32.6 Å². The molecule has 1 saturated heterocycles. The molecule has 4 heteroatoms. The van der Waals surface area contributed by atoms with Crippen LogP contribution in [0.3, 0.4) is 0 Å². The van der Waals surface area contributed by atoms with Crippen molar-refractivity contribution in [2.45, 2.75) is 58.7 Å². The Morgan fingerprint density at radius 2 is 1.88 bits per heavy atom. The molecule has 4 nitrogen and oxygen atoms in total. The summed E-state index contributed by atoms with van der Waals surface area (Å²) in [5, 5.41) is 3.58. The van der Waals surface area contributed by atoms with Gasteiger partial charge in [0, 0.05) is 25.2 Å². The molecule has 0 spiro atoms. The third-order valence-corrected chi connectivity index (χ3v) is 3.48. The Balaban J connectivity index is 1.67. The Morgan fingerprint density at radius 3 is 2.29 bits per heavy atom. The van der Waals surface area contributed by atoms with Crippen LogP contribution in [-0.4, -0.2) is 41.8 Å². The number of hydrogen-bond donors (Lipinski definition) is 1. The topological polar surface area (TPSA) is 41.6 Å². The summed E-state index contributed by atoms with van der Waals surface area (Å²) in [5.41, 5.74) is 0.0560. The predicted molar refractivity (Wildman–Crippen MR) is 66.9 cm³/mol. The molecule has 2 aliphatic rings. The zero-order chi connectivity index (χ0) is 12.8. The lowest BCUT2D eigenvalue weighted by molar-refractivity contribution is 0.00489. The fourth-order valence-corrected chi connectivity index (χ4v) is 2.10. The second kappa shape index (κ2) is 3.87. The van der Waals surface area contributed by atoms with Gasteiger partial charge in [-0.15, -0.1) is 0 Å². The lowest BCUT2D eigenvalue weighted by Gasteiger charge is -2.40. The number of nitrogens with one attached hydrogen (secondary N) is 1. The van der Waals surface area contributed by atoms with E-state index in [0.717, 1.165) is 13.1 Å². The van der Waals surface area contributed by atoms with Crippen molar-refractivity contribution in [3.63, 3.8) is 0 Å². The van der Waals surface area contributed by atoms with E-state index >= 15 is 0 Å². The van der Waals surface area contributed by atoms with E-state index in [-0.39, 0.29) is 6.09 Å². The summed E-state index contributed by atoms with van der Waals surface area (Å²) in [6.45, 7) is 11.8. The van der Waals surface area contributed by atoms with Crippen molar-refractivity contribution >= 4 is 6.09 Å². The second-order valence-corrected chi connectivity index (χ2v) is 6.99. The average molecular weight is 240 g/mol. The van der Waals surface area contributed by atoms with Gasteiger partial charge in [-0.25, -0.2) is 4.79 Å². The quantitative estimate of drug-likeness (QED) is 0.802. The number of rotatable bonds is 2. The molecular formula is C13H24N2O2. The van der Waals surface area contributed by atoms with Crippen molar-refractivity contribution in [2.75, 3.05) is 13.1 Å². The van der Waals surface area contributed by atoms with Gasteiger partial charge in [0.15, 0.2) is 0 Å². The van der Waals surface area contributed by atoms with Crippen LogP contribution in [0.25, 0.3) is 0 Å². The van der Waals surface area contributed by atoms with E-state index in [1.807, 2.05) is 20.8 Å². The molecule has 1 atom stereocenters. The highest BCUT2D eigenvalue weighted by atomic mass is 16.6. The molecular weight excluding hydrogens is 216 g/mol. The molecule has 1 saturated carbocycles. The van der Waals surface area contributed by atoms with Crippen LogP contribution < -0.4 is 5.32 Å². The van der Waals surface area contributed by atoms with Crippen LogP contribution in [0.2, 0.25) is 0 Å². The van der Waals surface area contributed by atoms with Gasteiger partial charge in [-0.3, -0.25) is 0 Å². The van der Waals surface area contributed by atoms with Gasteiger partial charge >= 0.3 is 6.09 Å². The zero-order valence-corrected chi connectivity index (χ0v) is 11.5. The summed E-state index contributed by atoms with van der Waals surface area (Å²) in [5.74, 6) is 0. The van der Waals surface area contributed by atoms with Crippen molar-refractivity contribution in [1.82, 2.24) is 10.2 Å². The van der Waals surface area contributed by atoms with Crippen LogP contribution in [0, 0.1) is 5.41 Å². The summed E-state index contributed by atoms with van der Waals surface area (Å²) in [4.78, 5) is 13.5. The molecule has 1 N–H and O–H groups in total. The third kappa shape index (κ3) is 3.12. The minimum atomic E-state index is -0.395. The number of likely N-dealkylation sites (tertiary alicyclic amines) is 1. The first-order chi connectivity index (χ1) is 7.67. The van der Waals surface area contributed by atoms with Gasteiger partial charge in [-0.2, -0.15) is 0 Å². The lowest BCUT2D eigenvalue weighted by atomic mass is 10.1. The molecule has 1 heterocycles. The zero-order valence-electron chi connectivity index (χ0n) is 11.5. The minimum absolute atomic E-state index is 0.189. The summed E-state index contributed by atoms with van der Waals surface area (Å²) in [6.07, 6.45) is 1.06. The maximum Gasteiger partial charge on any atom is 0.410 e. The first-order valence-corrected chi connectivity index (χ1v) is 6.41. The number of carbonyl (C=O) groups is 1. The van der Waals surface area contributed by atoms with Crippen LogP contribution in [0.4, 0.5) is 4.79 Å². The summed E-state index contributed by atoms with van der Waals surface area (Å²) in [6, 6.07) is 1.09. The third-order valence-electron chi connectivity index (χ3n) is 3.48. The highest BCUT2D eigenvalue weighted by molar-refractivity contribution is 5.69. The second-order valence-electron chi connectivity index (χ2n) is 6.99. The van der Waals surface area contributed by atoms with Crippen LogP contribution >= 0.6 is 0 Å². The number of hydrogen-bond acceptors (Lipinski definition) is 3. The van der Waals surface area contributed by atoms with E-state index in [0.29, 0.717) is 17.5 Å². The maximum absolute atomic E-state index is 11.7. The van der Waals surface area contributed by atoms with Gasteiger partial charge in [0.2, 0.25) is 0 Å². The fourth-order valence-electron chi connectivity index (χ4n) is 2.10. The van der Waals surface area contributed by atoms with E-state index in [1.54, 1.807) is 4.90 Å². The summed E-state index contributed by atoms with van der Waals surface area (Å²) < 4.78 is 5.31. The molecule has 0 aromatic heterocycles. The van der Waals surface area contributed by atoms with Crippen molar-refractivity contribution in [1.29, 1.82) is 0 Å². The molecule has 1 amide bonds. The molecule has 1 aliphatic carbocycles. The van der Waals surface area contributed by atoms with E-state index in [2.05, 4.69) is 19.2 Å². The number of ether oxygens (including phenoxy) is 1. The molecule has 17 heavy (non-hydrogen) atoms. The van der Waals surface area contributed by atoms with Crippen molar-refractivity contribution < 1.29 is 9.53 Å². The first-order valence-electron chi connectivity index (χ1n) is 6.41. The molecule has 1 unspecified atom stereocenters. The van der Waals surface area contributed by atoms with Gasteiger partial charge in [-0.1, -0.05) is 13.8 Å².